The summed E-state index contributed by atoms with van der Waals surface area (Å²) in [4.78, 5) is 0. The van der Waals surface area contributed by atoms with Gasteiger partial charge in [-0.15, -0.1) is 0 Å². The number of benzene rings is 1. The van der Waals surface area contributed by atoms with Crippen molar-refractivity contribution >= 4 is 23.0 Å². The summed E-state index contributed by atoms with van der Waals surface area (Å²) in [5, 5.41) is 5.16. The maximum atomic E-state index is 6.08. The minimum Gasteiger partial charge on any atom is -0.277 e. The lowest BCUT2D eigenvalue weighted by molar-refractivity contribution is 0.373. The molecule has 0 aliphatic heterocycles. The van der Waals surface area contributed by atoms with Gasteiger partial charge in [-0.1, -0.05) is 43.2 Å². The molecule has 0 atom stereocenters. The number of allylic oxidation sites excluding steroid dienone is 2. The van der Waals surface area contributed by atoms with E-state index in [1.165, 1.54) is 5.57 Å². The van der Waals surface area contributed by atoms with Gasteiger partial charge in [-0.05, 0) is 43.4 Å². The molecule has 2 rings (SSSR count). The number of anilines is 1. The van der Waals surface area contributed by atoms with Gasteiger partial charge in [0.2, 0.25) is 0 Å². The molecule has 0 saturated carbocycles. The topological polar surface area (TPSA) is 24.4 Å². The number of hydrazone groups is 1. The first-order chi connectivity index (χ1) is 8.46. The molecule has 0 radical (unpaired) electrons. The van der Waals surface area contributed by atoms with Gasteiger partial charge in [0.05, 0.1) is 16.4 Å². The van der Waals surface area contributed by atoms with Crippen LogP contribution in [-0.2, 0) is 0 Å². The molecule has 1 N–H and O–H groups in total. The highest BCUT2D eigenvalue weighted by atomic mass is 35.5. The van der Waals surface area contributed by atoms with Gasteiger partial charge < -0.3 is 0 Å². The van der Waals surface area contributed by atoms with Gasteiger partial charge in [0.15, 0.2) is 0 Å². The molecule has 0 amide bonds. The van der Waals surface area contributed by atoms with E-state index in [1.807, 2.05) is 24.3 Å². The highest BCUT2D eigenvalue weighted by Gasteiger charge is 2.24. The molecule has 2 nitrogen and oxygen atoms in total. The quantitative estimate of drug-likeness (QED) is 0.755. The summed E-state index contributed by atoms with van der Waals surface area (Å²) in [7, 11) is 0. The van der Waals surface area contributed by atoms with E-state index in [0.717, 1.165) is 24.2 Å². The smallest absolute Gasteiger partial charge is 0.0748 e. The largest absolute Gasteiger partial charge is 0.277 e. The van der Waals surface area contributed by atoms with Crippen LogP contribution in [0.2, 0.25) is 5.02 Å². The molecule has 1 aromatic carbocycles. The minimum atomic E-state index is 0.291. The fourth-order valence-electron chi connectivity index (χ4n) is 2.45. The first-order valence-corrected chi connectivity index (χ1v) is 6.58. The van der Waals surface area contributed by atoms with Gasteiger partial charge in [-0.25, -0.2) is 0 Å². The van der Waals surface area contributed by atoms with Crippen LogP contribution < -0.4 is 5.43 Å². The number of halogens is 1. The van der Waals surface area contributed by atoms with Crippen LogP contribution in [-0.4, -0.2) is 5.71 Å². The van der Waals surface area contributed by atoms with E-state index in [4.69, 9.17) is 11.6 Å². The van der Waals surface area contributed by atoms with Crippen LogP contribution in [0.3, 0.4) is 0 Å². The van der Waals surface area contributed by atoms with Crippen LogP contribution in [0, 0.1) is 5.41 Å². The van der Waals surface area contributed by atoms with Crippen molar-refractivity contribution in [2.75, 3.05) is 5.43 Å². The molecule has 0 heterocycles. The maximum Gasteiger partial charge on any atom is 0.0748 e. The fourth-order valence-corrected chi connectivity index (χ4v) is 2.63. The van der Waals surface area contributed by atoms with Crippen LogP contribution in [0.5, 0.6) is 0 Å². The Bertz CT molecular complexity index is 501. The van der Waals surface area contributed by atoms with Gasteiger partial charge in [-0.2, -0.15) is 5.10 Å². The van der Waals surface area contributed by atoms with Crippen molar-refractivity contribution in [3.05, 3.63) is 40.9 Å². The first kappa shape index (κ1) is 13.2. The molecule has 1 aliphatic rings. The Morgan fingerprint density at radius 1 is 1.22 bits per heavy atom. The normalized spacial score (nSPS) is 20.7. The summed E-state index contributed by atoms with van der Waals surface area (Å²) in [6.45, 7) is 6.70. The van der Waals surface area contributed by atoms with Crippen molar-refractivity contribution in [2.24, 2.45) is 10.5 Å². The Morgan fingerprint density at radius 2 is 1.94 bits per heavy atom. The maximum absolute atomic E-state index is 6.08. The second kappa shape index (κ2) is 5.15. The third-order valence-corrected chi connectivity index (χ3v) is 3.35. The first-order valence-electron chi connectivity index (χ1n) is 6.21. The SMILES string of the molecule is CC1=C/C(=N/Nc2ccccc2Cl)CC(C)(C)C1. The summed E-state index contributed by atoms with van der Waals surface area (Å²) < 4.78 is 0. The number of nitrogens with one attached hydrogen (secondary N) is 1. The van der Waals surface area contributed by atoms with E-state index in [2.05, 4.69) is 37.4 Å². The van der Waals surface area contributed by atoms with E-state index >= 15 is 0 Å². The minimum absolute atomic E-state index is 0.291. The second-order valence-corrected chi connectivity index (χ2v) is 6.11. The van der Waals surface area contributed by atoms with Crippen molar-refractivity contribution < 1.29 is 0 Å². The van der Waals surface area contributed by atoms with Gasteiger partial charge in [0.1, 0.15) is 0 Å². The molecule has 0 bridgehead atoms. The molecule has 3 heteroatoms. The van der Waals surface area contributed by atoms with E-state index in [1.54, 1.807) is 0 Å². The molecule has 1 aliphatic carbocycles. The highest BCUT2D eigenvalue weighted by molar-refractivity contribution is 6.33. The lowest BCUT2D eigenvalue weighted by atomic mass is 9.77. The zero-order chi connectivity index (χ0) is 13.2. The molecular weight excluding hydrogens is 244 g/mol. The number of rotatable bonds is 2. The zero-order valence-electron chi connectivity index (χ0n) is 11.1. The Morgan fingerprint density at radius 3 is 2.61 bits per heavy atom. The molecular formula is C15H19ClN2. The van der Waals surface area contributed by atoms with Crippen molar-refractivity contribution in [1.29, 1.82) is 0 Å². The van der Waals surface area contributed by atoms with Gasteiger partial charge in [-0.3, -0.25) is 5.43 Å². The Kier molecular flexibility index (Phi) is 3.76. The van der Waals surface area contributed by atoms with Crippen LogP contribution >= 0.6 is 11.6 Å². The van der Waals surface area contributed by atoms with Crippen molar-refractivity contribution in [3.63, 3.8) is 0 Å². The molecule has 0 saturated heterocycles. The van der Waals surface area contributed by atoms with E-state index < -0.39 is 0 Å². The Balaban J connectivity index is 2.15. The standard InChI is InChI=1S/C15H19ClN2/c1-11-8-12(10-15(2,3)9-11)17-18-14-7-5-4-6-13(14)16/h4-8,18H,9-10H2,1-3H3/b17-12-. The summed E-state index contributed by atoms with van der Waals surface area (Å²) in [5.74, 6) is 0. The molecule has 0 unspecified atom stereocenters. The summed E-state index contributed by atoms with van der Waals surface area (Å²) in [6.07, 6.45) is 4.29. The summed E-state index contributed by atoms with van der Waals surface area (Å²) in [5.41, 5.74) is 6.66. The zero-order valence-corrected chi connectivity index (χ0v) is 11.9. The predicted molar refractivity (Wildman–Crippen MR) is 79.3 cm³/mol. The van der Waals surface area contributed by atoms with Gasteiger partial charge in [0, 0.05) is 0 Å². The van der Waals surface area contributed by atoms with Crippen LogP contribution in [0.15, 0.2) is 41.0 Å². The summed E-state index contributed by atoms with van der Waals surface area (Å²) >= 11 is 6.08. The average Bonchev–Trinajstić information content (AvgIpc) is 2.25. The van der Waals surface area contributed by atoms with Crippen LogP contribution in [0.4, 0.5) is 5.69 Å². The van der Waals surface area contributed by atoms with E-state index in [9.17, 15) is 0 Å². The molecule has 0 fully saturated rings. The number of hydrogen-bond acceptors (Lipinski definition) is 2. The van der Waals surface area contributed by atoms with E-state index in [-0.39, 0.29) is 0 Å². The van der Waals surface area contributed by atoms with Gasteiger partial charge >= 0.3 is 0 Å². The molecule has 96 valence electrons. The fraction of sp³-hybridized carbons (Fsp3) is 0.400. The second-order valence-electron chi connectivity index (χ2n) is 5.70. The number of hydrogen-bond donors (Lipinski definition) is 1. The number of nitrogens with zero attached hydrogens (tertiary/aromatic N) is 1. The van der Waals surface area contributed by atoms with Crippen molar-refractivity contribution in [3.8, 4) is 0 Å². The predicted octanol–water partition coefficient (Wildman–Crippen LogP) is 4.87. The van der Waals surface area contributed by atoms with Crippen molar-refractivity contribution in [2.45, 2.75) is 33.6 Å². The Hall–Kier alpha value is -1.28. The monoisotopic (exact) mass is 262 g/mol. The lowest BCUT2D eigenvalue weighted by Crippen LogP contribution is -2.21. The lowest BCUT2D eigenvalue weighted by Gasteiger charge is -2.29. The number of para-hydroxylation sites is 1. The molecule has 0 aromatic heterocycles. The van der Waals surface area contributed by atoms with Crippen LogP contribution in [0.1, 0.15) is 33.6 Å². The van der Waals surface area contributed by atoms with Crippen LogP contribution in [0.25, 0.3) is 0 Å². The Labute approximate surface area is 114 Å². The average molecular weight is 263 g/mol. The highest BCUT2D eigenvalue weighted by Crippen LogP contribution is 2.33. The molecule has 1 aromatic rings. The van der Waals surface area contributed by atoms with Gasteiger partial charge in [0.25, 0.3) is 0 Å². The molecule has 0 spiro atoms. The third kappa shape index (κ3) is 3.36. The third-order valence-electron chi connectivity index (χ3n) is 3.02. The van der Waals surface area contributed by atoms with E-state index in [0.29, 0.717) is 10.4 Å². The summed E-state index contributed by atoms with van der Waals surface area (Å²) in [6, 6.07) is 7.64. The molecule has 18 heavy (non-hydrogen) atoms. The van der Waals surface area contributed by atoms with Crippen molar-refractivity contribution in [1.82, 2.24) is 0 Å².